The van der Waals surface area contributed by atoms with E-state index in [1.54, 1.807) is 26.0 Å². The molecule has 0 fully saturated rings. The first-order chi connectivity index (χ1) is 11.8. The predicted molar refractivity (Wildman–Crippen MR) is 92.1 cm³/mol. The molecule has 7 heteroatoms. The van der Waals surface area contributed by atoms with Gasteiger partial charge in [0.15, 0.2) is 23.1 Å². The molecular weight excluding hydrogens is 326 g/mol. The Labute approximate surface area is 147 Å². The number of Topliss-reactive ketones (excluding diaryl/α,β-unsaturated/α-hetero) is 2. The lowest BCUT2D eigenvalue weighted by Crippen LogP contribution is -2.53. The molecule has 0 radical (unpaired) electrons. The van der Waals surface area contributed by atoms with Crippen LogP contribution >= 0.6 is 0 Å². The zero-order valence-electron chi connectivity index (χ0n) is 15.4. The molecule has 1 aromatic rings. The van der Waals surface area contributed by atoms with Gasteiger partial charge in [-0.15, -0.1) is 0 Å². The number of ether oxygens (including phenoxy) is 3. The van der Waals surface area contributed by atoms with Gasteiger partial charge in [-0.1, -0.05) is 13.8 Å². The van der Waals surface area contributed by atoms with Crippen molar-refractivity contribution < 1.29 is 28.6 Å². The molecule has 0 aliphatic heterocycles. The number of esters is 1. The molecule has 1 rings (SSSR count). The molecule has 0 bridgehead atoms. The largest absolute Gasteiger partial charge is 0.493 e. The van der Waals surface area contributed by atoms with Crippen LogP contribution in [0.5, 0.6) is 11.5 Å². The Morgan fingerprint density at radius 2 is 1.60 bits per heavy atom. The van der Waals surface area contributed by atoms with E-state index in [0.29, 0.717) is 11.5 Å². The number of carbonyl (C=O) groups is 3. The lowest BCUT2D eigenvalue weighted by atomic mass is 9.97. The second-order valence-corrected chi connectivity index (χ2v) is 5.89. The Bertz CT molecular complexity index is 640. The Morgan fingerprint density at radius 3 is 2.04 bits per heavy atom. The molecule has 25 heavy (non-hydrogen) atoms. The van der Waals surface area contributed by atoms with Crippen LogP contribution < -0.4 is 14.8 Å². The van der Waals surface area contributed by atoms with Gasteiger partial charge in [-0.05, 0) is 31.0 Å². The van der Waals surface area contributed by atoms with E-state index < -0.39 is 29.6 Å². The van der Waals surface area contributed by atoms with Crippen LogP contribution in [0.1, 0.15) is 31.1 Å². The average Bonchev–Trinajstić information content (AvgIpc) is 2.59. The average molecular weight is 351 g/mol. The van der Waals surface area contributed by atoms with Crippen LogP contribution in [-0.2, 0) is 14.3 Å². The van der Waals surface area contributed by atoms with Crippen molar-refractivity contribution in [3.8, 4) is 11.5 Å². The minimum atomic E-state index is -1.16. The van der Waals surface area contributed by atoms with Crippen LogP contribution in [0.3, 0.4) is 0 Å². The molecule has 0 amide bonds. The van der Waals surface area contributed by atoms with E-state index in [4.69, 9.17) is 14.2 Å². The first-order valence-corrected chi connectivity index (χ1v) is 7.87. The summed E-state index contributed by atoms with van der Waals surface area (Å²) in [7, 11) is 4.21. The van der Waals surface area contributed by atoms with Crippen LogP contribution in [0.15, 0.2) is 18.2 Å². The Kier molecular flexibility index (Phi) is 7.57. The van der Waals surface area contributed by atoms with E-state index in [0.717, 1.165) is 0 Å². The van der Waals surface area contributed by atoms with Crippen molar-refractivity contribution in [3.63, 3.8) is 0 Å². The van der Waals surface area contributed by atoms with Crippen LogP contribution in [0, 0.1) is 5.92 Å². The molecule has 0 aromatic heterocycles. The maximum Gasteiger partial charge on any atom is 0.323 e. The summed E-state index contributed by atoms with van der Waals surface area (Å²) in [5.74, 6) is -0.684. The first kappa shape index (κ1) is 20.6. The molecule has 0 saturated heterocycles. The third-order valence-electron chi connectivity index (χ3n) is 3.80. The van der Waals surface area contributed by atoms with Gasteiger partial charge in [0.1, 0.15) is 12.1 Å². The SMILES string of the molecule is COC(=O)C(NC(C(C)=O)C(=O)c1ccc(OC)c(OC)c1)C(C)C. The van der Waals surface area contributed by atoms with Crippen molar-refractivity contribution in [1.82, 2.24) is 5.32 Å². The summed E-state index contributed by atoms with van der Waals surface area (Å²) in [6.07, 6.45) is 0. The number of methoxy groups -OCH3 is 3. The second kappa shape index (κ2) is 9.17. The summed E-state index contributed by atoms with van der Waals surface area (Å²) in [4.78, 5) is 36.7. The van der Waals surface area contributed by atoms with Gasteiger partial charge in [-0.3, -0.25) is 19.7 Å². The normalized spacial score (nSPS) is 13.1. The van der Waals surface area contributed by atoms with Gasteiger partial charge in [0.05, 0.1) is 21.3 Å². The monoisotopic (exact) mass is 351 g/mol. The number of rotatable bonds is 9. The highest BCUT2D eigenvalue weighted by molar-refractivity contribution is 6.14. The topological polar surface area (TPSA) is 90.9 Å². The number of carbonyl (C=O) groups excluding carboxylic acids is 3. The first-order valence-electron chi connectivity index (χ1n) is 7.87. The fourth-order valence-electron chi connectivity index (χ4n) is 2.37. The van der Waals surface area contributed by atoms with E-state index in [1.807, 2.05) is 0 Å². The van der Waals surface area contributed by atoms with Gasteiger partial charge in [0.25, 0.3) is 0 Å². The van der Waals surface area contributed by atoms with Gasteiger partial charge in [0.2, 0.25) is 0 Å². The van der Waals surface area contributed by atoms with Crippen molar-refractivity contribution in [2.24, 2.45) is 5.92 Å². The maximum atomic E-state index is 12.8. The van der Waals surface area contributed by atoms with E-state index >= 15 is 0 Å². The molecule has 1 N–H and O–H groups in total. The predicted octanol–water partition coefficient (Wildman–Crippen LogP) is 1.63. The number of hydrogen-bond acceptors (Lipinski definition) is 7. The summed E-state index contributed by atoms with van der Waals surface area (Å²) in [5.41, 5.74) is 0.276. The highest BCUT2D eigenvalue weighted by Gasteiger charge is 2.32. The highest BCUT2D eigenvalue weighted by atomic mass is 16.5. The zero-order chi connectivity index (χ0) is 19.1. The summed E-state index contributed by atoms with van der Waals surface area (Å²) < 4.78 is 15.1. The molecule has 0 aliphatic carbocycles. The molecular formula is C18H25NO6. The van der Waals surface area contributed by atoms with Crippen LogP contribution in [0.2, 0.25) is 0 Å². The van der Waals surface area contributed by atoms with Crippen molar-refractivity contribution in [2.45, 2.75) is 32.9 Å². The van der Waals surface area contributed by atoms with E-state index in [9.17, 15) is 14.4 Å². The van der Waals surface area contributed by atoms with Gasteiger partial charge >= 0.3 is 5.97 Å². The van der Waals surface area contributed by atoms with Gasteiger partial charge < -0.3 is 14.2 Å². The number of hydrogen-bond donors (Lipinski definition) is 1. The number of nitrogens with one attached hydrogen (secondary N) is 1. The van der Waals surface area contributed by atoms with E-state index in [1.165, 1.54) is 34.3 Å². The molecule has 0 saturated carbocycles. The van der Waals surface area contributed by atoms with Gasteiger partial charge in [-0.25, -0.2) is 0 Å². The third-order valence-corrected chi connectivity index (χ3v) is 3.80. The van der Waals surface area contributed by atoms with Gasteiger partial charge in [-0.2, -0.15) is 0 Å². The standard InChI is InChI=1S/C18H25NO6/c1-10(2)15(18(22)25-6)19-16(11(3)20)17(21)12-7-8-13(23-4)14(9-12)24-5/h7-10,15-16,19H,1-6H3. The third kappa shape index (κ3) is 5.03. The van der Waals surface area contributed by atoms with Crippen molar-refractivity contribution in [3.05, 3.63) is 23.8 Å². The summed E-state index contributed by atoms with van der Waals surface area (Å²) in [6.45, 7) is 4.89. The van der Waals surface area contributed by atoms with Gasteiger partial charge in [0, 0.05) is 5.56 Å². The zero-order valence-corrected chi connectivity index (χ0v) is 15.4. The molecule has 2 unspecified atom stereocenters. The lowest BCUT2D eigenvalue weighted by molar-refractivity contribution is -0.144. The highest BCUT2D eigenvalue weighted by Crippen LogP contribution is 2.28. The second-order valence-electron chi connectivity index (χ2n) is 5.89. The fraction of sp³-hybridized carbons (Fsp3) is 0.500. The van der Waals surface area contributed by atoms with E-state index in [2.05, 4.69) is 5.32 Å². The molecule has 0 aliphatic rings. The maximum absolute atomic E-state index is 12.8. The van der Waals surface area contributed by atoms with E-state index in [-0.39, 0.29) is 11.5 Å². The van der Waals surface area contributed by atoms with Crippen molar-refractivity contribution >= 4 is 17.5 Å². The Morgan fingerprint density at radius 1 is 1.00 bits per heavy atom. The quantitative estimate of drug-likeness (QED) is 0.411. The Hall–Kier alpha value is -2.41. The van der Waals surface area contributed by atoms with Crippen molar-refractivity contribution in [2.75, 3.05) is 21.3 Å². The lowest BCUT2D eigenvalue weighted by Gasteiger charge is -2.24. The number of ketones is 2. The summed E-state index contributed by atoms with van der Waals surface area (Å²) >= 11 is 0. The Balaban J connectivity index is 3.16. The minimum Gasteiger partial charge on any atom is -0.493 e. The molecule has 7 nitrogen and oxygen atoms in total. The van der Waals surface area contributed by atoms with Crippen LogP contribution in [0.4, 0.5) is 0 Å². The molecule has 0 heterocycles. The molecule has 0 spiro atoms. The molecule has 2 atom stereocenters. The summed E-state index contributed by atoms with van der Waals surface area (Å²) in [6, 6.07) is 2.70. The minimum absolute atomic E-state index is 0.160. The fourth-order valence-corrected chi connectivity index (χ4v) is 2.37. The smallest absolute Gasteiger partial charge is 0.323 e. The molecule has 138 valence electrons. The van der Waals surface area contributed by atoms with Crippen LogP contribution in [0.25, 0.3) is 0 Å². The van der Waals surface area contributed by atoms with Crippen molar-refractivity contribution in [1.29, 1.82) is 0 Å². The summed E-state index contributed by atoms with van der Waals surface area (Å²) in [5, 5.41) is 2.82. The van der Waals surface area contributed by atoms with Crippen LogP contribution in [-0.4, -0.2) is 50.9 Å². The number of benzene rings is 1. The molecule has 1 aromatic carbocycles.